The summed E-state index contributed by atoms with van der Waals surface area (Å²) in [7, 11) is 1.55. The minimum absolute atomic E-state index is 0.0684. The second-order valence-electron chi connectivity index (χ2n) is 7.65. The zero-order valence-corrected chi connectivity index (χ0v) is 17.1. The van der Waals surface area contributed by atoms with Gasteiger partial charge in [0, 0.05) is 19.1 Å². The summed E-state index contributed by atoms with van der Waals surface area (Å²) in [4.78, 5) is 22.4. The Kier molecular flexibility index (Phi) is 4.17. The molecule has 0 unspecified atom stereocenters. The molecule has 0 amide bonds. The molecule has 1 aliphatic carbocycles. The van der Waals surface area contributed by atoms with E-state index in [1.54, 1.807) is 23.6 Å². The van der Waals surface area contributed by atoms with Gasteiger partial charge in [0.1, 0.15) is 17.9 Å². The molecule has 1 aliphatic rings. The van der Waals surface area contributed by atoms with E-state index in [4.69, 9.17) is 20.9 Å². The van der Waals surface area contributed by atoms with Gasteiger partial charge in [-0.2, -0.15) is 10.2 Å². The highest BCUT2D eigenvalue weighted by molar-refractivity contribution is 6.32. The van der Waals surface area contributed by atoms with Crippen LogP contribution in [-0.2, 0) is 16.7 Å². The maximum Gasteiger partial charge on any atom is 0.279 e. The summed E-state index contributed by atoms with van der Waals surface area (Å²) in [6, 6.07) is 5.49. The van der Waals surface area contributed by atoms with Crippen LogP contribution < -0.4 is 5.56 Å². The van der Waals surface area contributed by atoms with Crippen molar-refractivity contribution in [2.24, 2.45) is 0 Å². The number of fused-ring (bicyclic) bond motifs is 3. The van der Waals surface area contributed by atoms with E-state index in [2.05, 4.69) is 28.1 Å². The monoisotopic (exact) mass is 424 g/mol. The van der Waals surface area contributed by atoms with E-state index < -0.39 is 0 Å². The summed E-state index contributed by atoms with van der Waals surface area (Å²) in [5.41, 5.74) is 1.46. The van der Waals surface area contributed by atoms with Crippen molar-refractivity contribution in [1.29, 1.82) is 5.26 Å². The van der Waals surface area contributed by atoms with Gasteiger partial charge in [-0.15, -0.1) is 0 Å². The summed E-state index contributed by atoms with van der Waals surface area (Å²) in [5, 5.41) is 14.0. The number of ether oxygens (including phenoxy) is 1. The topological polar surface area (TPSA) is 111 Å². The van der Waals surface area contributed by atoms with E-state index in [0.29, 0.717) is 28.1 Å². The fourth-order valence-corrected chi connectivity index (χ4v) is 3.82. The molecule has 0 atom stereocenters. The van der Waals surface area contributed by atoms with Gasteiger partial charge < -0.3 is 13.8 Å². The Morgan fingerprint density at radius 1 is 1.37 bits per heavy atom. The Bertz CT molecular complexity index is 1410. The summed E-state index contributed by atoms with van der Waals surface area (Å²) in [6.45, 7) is 2.61. The van der Waals surface area contributed by atoms with Crippen LogP contribution in [0.3, 0.4) is 0 Å². The van der Waals surface area contributed by atoms with Gasteiger partial charge in [-0.3, -0.25) is 9.20 Å². The Labute approximate surface area is 175 Å². The molecule has 4 aromatic rings. The highest BCUT2D eigenvalue weighted by Gasteiger charge is 2.44. The van der Waals surface area contributed by atoms with E-state index >= 15 is 0 Å². The molecule has 0 saturated heterocycles. The Balaban J connectivity index is 1.83. The normalized spacial score (nSPS) is 15.0. The molecule has 0 bridgehead atoms. The van der Waals surface area contributed by atoms with Crippen molar-refractivity contribution >= 4 is 28.2 Å². The molecule has 3 heterocycles. The molecule has 30 heavy (non-hydrogen) atoms. The van der Waals surface area contributed by atoms with Crippen LogP contribution in [0.15, 0.2) is 27.8 Å². The highest BCUT2D eigenvalue weighted by atomic mass is 35.5. The van der Waals surface area contributed by atoms with Gasteiger partial charge in [0.25, 0.3) is 11.4 Å². The number of aromatic nitrogens is 5. The lowest BCUT2D eigenvalue weighted by Crippen LogP contribution is -2.25. The van der Waals surface area contributed by atoms with Crippen LogP contribution in [0.5, 0.6) is 0 Å². The molecular weight excluding hydrogens is 408 g/mol. The third-order valence-corrected chi connectivity index (χ3v) is 5.96. The SMILES string of the molecule is COCCn1c(=O)c2c(-c3nc(C4(C)CC4)no3)ncn2c2ccc(Cl)c(C#N)c21. The van der Waals surface area contributed by atoms with Crippen molar-refractivity contribution in [3.05, 3.63) is 45.2 Å². The smallest absolute Gasteiger partial charge is 0.279 e. The lowest BCUT2D eigenvalue weighted by atomic mass is 10.1. The number of hydrogen-bond donors (Lipinski definition) is 0. The summed E-state index contributed by atoms with van der Waals surface area (Å²) < 4.78 is 13.7. The number of nitriles is 1. The van der Waals surface area contributed by atoms with E-state index in [9.17, 15) is 10.1 Å². The van der Waals surface area contributed by atoms with Gasteiger partial charge in [0.15, 0.2) is 11.5 Å². The first-order valence-corrected chi connectivity index (χ1v) is 9.82. The van der Waals surface area contributed by atoms with Crippen molar-refractivity contribution < 1.29 is 9.26 Å². The zero-order chi connectivity index (χ0) is 21.0. The number of rotatable bonds is 5. The van der Waals surface area contributed by atoms with Crippen molar-refractivity contribution in [1.82, 2.24) is 24.1 Å². The van der Waals surface area contributed by atoms with Gasteiger partial charge in [-0.05, 0) is 25.0 Å². The fraction of sp³-hybridized carbons (Fsp3) is 0.350. The average Bonchev–Trinajstić information content (AvgIpc) is 3.15. The van der Waals surface area contributed by atoms with Crippen molar-refractivity contribution in [3.8, 4) is 17.7 Å². The first kappa shape index (κ1) is 18.8. The maximum atomic E-state index is 13.5. The lowest BCUT2D eigenvalue weighted by molar-refractivity contribution is 0.187. The predicted octanol–water partition coefficient (Wildman–Crippen LogP) is 2.92. The molecule has 152 valence electrons. The van der Waals surface area contributed by atoms with Gasteiger partial charge in [-0.25, -0.2) is 4.98 Å². The van der Waals surface area contributed by atoms with Gasteiger partial charge in [-0.1, -0.05) is 23.7 Å². The number of nitrogens with zero attached hydrogens (tertiary/aromatic N) is 6. The third kappa shape index (κ3) is 2.65. The fourth-order valence-electron chi connectivity index (χ4n) is 3.62. The molecule has 5 rings (SSSR count). The van der Waals surface area contributed by atoms with Crippen LogP contribution in [0.1, 0.15) is 31.2 Å². The van der Waals surface area contributed by atoms with E-state index in [-0.39, 0.29) is 40.6 Å². The summed E-state index contributed by atoms with van der Waals surface area (Å²) in [6.07, 6.45) is 3.52. The van der Waals surface area contributed by atoms with Crippen LogP contribution in [0.25, 0.3) is 28.1 Å². The van der Waals surface area contributed by atoms with Crippen LogP contribution in [0.2, 0.25) is 5.02 Å². The molecule has 0 spiro atoms. The minimum atomic E-state index is -0.344. The zero-order valence-electron chi connectivity index (χ0n) is 16.3. The summed E-state index contributed by atoms with van der Waals surface area (Å²) in [5.74, 6) is 0.822. The second-order valence-corrected chi connectivity index (χ2v) is 8.05. The molecule has 0 aliphatic heterocycles. The van der Waals surface area contributed by atoms with Crippen LogP contribution >= 0.6 is 11.6 Å². The molecule has 1 fully saturated rings. The number of methoxy groups -OCH3 is 1. The lowest BCUT2D eigenvalue weighted by Gasteiger charge is -2.14. The molecular formula is C20H17ClN6O3. The molecule has 0 radical (unpaired) electrons. The van der Waals surface area contributed by atoms with Gasteiger partial charge >= 0.3 is 0 Å². The van der Waals surface area contributed by atoms with Crippen LogP contribution in [-0.4, -0.2) is 37.8 Å². The standard InChI is InChI=1S/C20H17ClN6O3/c1-20(5-6-20)19-24-17(30-25-19)14-16-18(28)26(7-8-29-2)15-11(9-22)12(21)3-4-13(15)27(16)10-23-14/h3-4,10H,5-8H2,1-2H3. The number of halogens is 1. The van der Waals surface area contributed by atoms with Crippen LogP contribution in [0.4, 0.5) is 0 Å². The average molecular weight is 425 g/mol. The second kappa shape index (κ2) is 6.65. The van der Waals surface area contributed by atoms with Crippen LogP contribution in [0, 0.1) is 11.3 Å². The highest BCUT2D eigenvalue weighted by Crippen LogP contribution is 2.46. The first-order valence-electron chi connectivity index (χ1n) is 9.44. The largest absolute Gasteiger partial charge is 0.383 e. The molecule has 3 aromatic heterocycles. The maximum absolute atomic E-state index is 13.5. The Hall–Kier alpha value is -3.22. The third-order valence-electron chi connectivity index (χ3n) is 5.65. The number of hydrogen-bond acceptors (Lipinski definition) is 7. The molecule has 1 saturated carbocycles. The van der Waals surface area contributed by atoms with Gasteiger partial charge in [0.2, 0.25) is 0 Å². The predicted molar refractivity (Wildman–Crippen MR) is 108 cm³/mol. The molecule has 1 aromatic carbocycles. The number of imidazole rings is 1. The minimum Gasteiger partial charge on any atom is -0.383 e. The Morgan fingerprint density at radius 3 is 2.87 bits per heavy atom. The van der Waals surface area contributed by atoms with Crippen molar-refractivity contribution in [2.75, 3.05) is 13.7 Å². The van der Waals surface area contributed by atoms with E-state index in [0.717, 1.165) is 12.8 Å². The molecule has 9 nitrogen and oxygen atoms in total. The first-order chi connectivity index (χ1) is 14.5. The molecule has 10 heteroatoms. The summed E-state index contributed by atoms with van der Waals surface area (Å²) >= 11 is 6.24. The van der Waals surface area contributed by atoms with E-state index in [1.165, 1.54) is 10.9 Å². The molecule has 0 N–H and O–H groups in total. The Morgan fingerprint density at radius 2 is 2.17 bits per heavy atom. The van der Waals surface area contributed by atoms with Crippen molar-refractivity contribution in [3.63, 3.8) is 0 Å². The van der Waals surface area contributed by atoms with Gasteiger partial charge in [0.05, 0.1) is 28.2 Å². The van der Waals surface area contributed by atoms with Crippen molar-refractivity contribution in [2.45, 2.75) is 31.7 Å². The van der Waals surface area contributed by atoms with E-state index in [1.807, 2.05) is 0 Å². The quantitative estimate of drug-likeness (QED) is 0.484. The number of benzene rings is 1.